The fourth-order valence-electron chi connectivity index (χ4n) is 2.94. The molecule has 84 valence electrons. The molecule has 2 rings (SSSR count). The summed E-state index contributed by atoms with van der Waals surface area (Å²) in [6, 6.07) is 0. The number of ketones is 1. The Bertz CT molecular complexity index is 278. The van der Waals surface area contributed by atoms with Crippen LogP contribution in [0.2, 0.25) is 0 Å². The molecular weight excluding hydrogens is 188 g/mol. The molecule has 0 amide bonds. The Balaban J connectivity index is 1.84. The average Bonchev–Trinajstić information content (AvgIpc) is 2.73. The SMILES string of the molecule is O=C1CC2=C(CCCCCO)CCC2C1. The summed E-state index contributed by atoms with van der Waals surface area (Å²) in [6.45, 7) is 0.313. The normalized spacial score (nSPS) is 25.1. The van der Waals surface area contributed by atoms with Gasteiger partial charge in [-0.1, -0.05) is 17.6 Å². The summed E-state index contributed by atoms with van der Waals surface area (Å²) in [5, 5.41) is 8.69. The van der Waals surface area contributed by atoms with Gasteiger partial charge in [-0.3, -0.25) is 4.79 Å². The van der Waals surface area contributed by atoms with Crippen LogP contribution in [0.3, 0.4) is 0 Å². The third-order valence-electron chi connectivity index (χ3n) is 3.74. The maximum Gasteiger partial charge on any atom is 0.137 e. The highest BCUT2D eigenvalue weighted by atomic mass is 16.2. The molecule has 2 aliphatic carbocycles. The third-order valence-corrected chi connectivity index (χ3v) is 3.74. The van der Waals surface area contributed by atoms with Gasteiger partial charge in [-0.15, -0.1) is 0 Å². The van der Waals surface area contributed by atoms with E-state index in [0.29, 0.717) is 18.3 Å². The zero-order valence-electron chi connectivity index (χ0n) is 9.30. The van der Waals surface area contributed by atoms with Gasteiger partial charge in [-0.25, -0.2) is 0 Å². The van der Waals surface area contributed by atoms with Crippen LogP contribution in [0.5, 0.6) is 0 Å². The number of aliphatic hydroxyl groups excluding tert-OH is 1. The first-order valence-electron chi connectivity index (χ1n) is 6.14. The Labute approximate surface area is 91.4 Å². The molecule has 1 fully saturated rings. The highest BCUT2D eigenvalue weighted by molar-refractivity contribution is 5.85. The predicted octanol–water partition coefficient (Wildman–Crippen LogP) is 2.61. The summed E-state index contributed by atoms with van der Waals surface area (Å²) in [7, 11) is 0. The minimum atomic E-state index is 0.313. The average molecular weight is 208 g/mol. The highest BCUT2D eigenvalue weighted by Crippen LogP contribution is 2.43. The molecule has 15 heavy (non-hydrogen) atoms. The Morgan fingerprint density at radius 2 is 2.13 bits per heavy atom. The van der Waals surface area contributed by atoms with E-state index in [9.17, 15) is 4.79 Å². The number of hydrogen-bond donors (Lipinski definition) is 1. The topological polar surface area (TPSA) is 37.3 Å². The largest absolute Gasteiger partial charge is 0.396 e. The van der Waals surface area contributed by atoms with Gasteiger partial charge < -0.3 is 5.11 Å². The van der Waals surface area contributed by atoms with Crippen molar-refractivity contribution in [2.75, 3.05) is 6.61 Å². The number of carbonyl (C=O) groups excluding carboxylic acids is 1. The molecule has 2 nitrogen and oxygen atoms in total. The molecule has 0 aromatic heterocycles. The number of fused-ring (bicyclic) bond motifs is 1. The second kappa shape index (κ2) is 4.93. The van der Waals surface area contributed by atoms with Gasteiger partial charge in [0.25, 0.3) is 0 Å². The smallest absolute Gasteiger partial charge is 0.137 e. The van der Waals surface area contributed by atoms with Crippen LogP contribution in [-0.2, 0) is 4.79 Å². The van der Waals surface area contributed by atoms with Crippen molar-refractivity contribution >= 4 is 5.78 Å². The highest BCUT2D eigenvalue weighted by Gasteiger charge is 2.33. The number of unbranched alkanes of at least 4 members (excludes halogenated alkanes) is 2. The maximum absolute atomic E-state index is 11.3. The van der Waals surface area contributed by atoms with E-state index >= 15 is 0 Å². The summed E-state index contributed by atoms with van der Waals surface area (Å²) in [5.41, 5.74) is 3.06. The van der Waals surface area contributed by atoms with Crippen molar-refractivity contribution in [3.05, 3.63) is 11.1 Å². The standard InChI is InChI=1S/C13H20O2/c14-7-3-1-2-4-10-5-6-11-8-12(15)9-13(10)11/h11,14H,1-9H2. The molecule has 0 heterocycles. The Morgan fingerprint density at radius 3 is 2.93 bits per heavy atom. The van der Waals surface area contributed by atoms with Crippen molar-refractivity contribution in [3.8, 4) is 0 Å². The van der Waals surface area contributed by atoms with Crippen molar-refractivity contribution in [2.24, 2.45) is 5.92 Å². The molecule has 0 aromatic rings. The summed E-state index contributed by atoms with van der Waals surface area (Å²) in [5.74, 6) is 1.06. The van der Waals surface area contributed by atoms with Gasteiger partial charge in [0, 0.05) is 19.4 Å². The molecule has 1 N–H and O–H groups in total. The van der Waals surface area contributed by atoms with E-state index in [1.807, 2.05) is 0 Å². The van der Waals surface area contributed by atoms with Gasteiger partial charge in [0.2, 0.25) is 0 Å². The quantitative estimate of drug-likeness (QED) is 0.557. The van der Waals surface area contributed by atoms with Crippen molar-refractivity contribution < 1.29 is 9.90 Å². The van der Waals surface area contributed by atoms with Gasteiger partial charge in [0.15, 0.2) is 0 Å². The van der Waals surface area contributed by atoms with Crippen LogP contribution < -0.4 is 0 Å². The van der Waals surface area contributed by atoms with Crippen molar-refractivity contribution in [1.29, 1.82) is 0 Å². The van der Waals surface area contributed by atoms with Crippen LogP contribution in [0.4, 0.5) is 0 Å². The van der Waals surface area contributed by atoms with E-state index in [1.165, 1.54) is 31.3 Å². The summed E-state index contributed by atoms with van der Waals surface area (Å²) in [6.07, 6.45) is 8.40. The number of rotatable bonds is 5. The van der Waals surface area contributed by atoms with E-state index in [-0.39, 0.29) is 0 Å². The Kier molecular flexibility index (Phi) is 3.57. The lowest BCUT2D eigenvalue weighted by Gasteiger charge is -2.04. The first-order chi connectivity index (χ1) is 7.31. The fourth-order valence-corrected chi connectivity index (χ4v) is 2.94. The first kappa shape index (κ1) is 10.9. The van der Waals surface area contributed by atoms with Gasteiger partial charge in [-0.05, 0) is 38.0 Å². The number of allylic oxidation sites excluding steroid dienone is 2. The molecule has 0 bridgehead atoms. The second-order valence-electron chi connectivity index (χ2n) is 4.82. The number of carbonyl (C=O) groups is 1. The van der Waals surface area contributed by atoms with E-state index in [4.69, 9.17) is 5.11 Å². The third kappa shape index (κ3) is 2.49. The van der Waals surface area contributed by atoms with Crippen LogP contribution in [0.15, 0.2) is 11.1 Å². The Hall–Kier alpha value is -0.630. The van der Waals surface area contributed by atoms with Gasteiger partial charge in [-0.2, -0.15) is 0 Å². The fraction of sp³-hybridized carbons (Fsp3) is 0.769. The first-order valence-corrected chi connectivity index (χ1v) is 6.14. The molecule has 1 unspecified atom stereocenters. The molecule has 0 radical (unpaired) electrons. The van der Waals surface area contributed by atoms with E-state index in [1.54, 1.807) is 5.57 Å². The van der Waals surface area contributed by atoms with Gasteiger partial charge in [0.05, 0.1) is 0 Å². The zero-order chi connectivity index (χ0) is 10.7. The lowest BCUT2D eigenvalue weighted by atomic mass is 10.0. The minimum Gasteiger partial charge on any atom is -0.396 e. The van der Waals surface area contributed by atoms with Crippen LogP contribution in [-0.4, -0.2) is 17.5 Å². The monoisotopic (exact) mass is 208 g/mol. The van der Waals surface area contributed by atoms with Crippen LogP contribution in [0.25, 0.3) is 0 Å². The van der Waals surface area contributed by atoms with E-state index in [2.05, 4.69) is 0 Å². The van der Waals surface area contributed by atoms with Crippen molar-refractivity contribution in [1.82, 2.24) is 0 Å². The lowest BCUT2D eigenvalue weighted by Crippen LogP contribution is -1.91. The second-order valence-corrected chi connectivity index (χ2v) is 4.82. The zero-order valence-corrected chi connectivity index (χ0v) is 9.30. The summed E-state index contributed by atoms with van der Waals surface area (Å²) >= 11 is 0. The van der Waals surface area contributed by atoms with Gasteiger partial charge in [0.1, 0.15) is 5.78 Å². The van der Waals surface area contributed by atoms with Crippen LogP contribution in [0.1, 0.15) is 51.4 Å². The summed E-state index contributed by atoms with van der Waals surface area (Å²) in [4.78, 5) is 11.3. The van der Waals surface area contributed by atoms with Crippen LogP contribution >= 0.6 is 0 Å². The molecule has 0 spiro atoms. The lowest BCUT2D eigenvalue weighted by molar-refractivity contribution is -0.117. The predicted molar refractivity (Wildman–Crippen MR) is 59.5 cm³/mol. The minimum absolute atomic E-state index is 0.313. The van der Waals surface area contributed by atoms with E-state index in [0.717, 1.165) is 25.7 Å². The molecule has 2 heteroatoms. The van der Waals surface area contributed by atoms with Gasteiger partial charge >= 0.3 is 0 Å². The van der Waals surface area contributed by atoms with Crippen LogP contribution in [0, 0.1) is 5.92 Å². The van der Waals surface area contributed by atoms with Crippen molar-refractivity contribution in [3.63, 3.8) is 0 Å². The van der Waals surface area contributed by atoms with Crippen molar-refractivity contribution in [2.45, 2.75) is 51.4 Å². The van der Waals surface area contributed by atoms with E-state index < -0.39 is 0 Å². The maximum atomic E-state index is 11.3. The molecule has 1 saturated carbocycles. The molecule has 2 aliphatic rings. The molecule has 1 atom stereocenters. The summed E-state index contributed by atoms with van der Waals surface area (Å²) < 4.78 is 0. The Morgan fingerprint density at radius 1 is 1.27 bits per heavy atom. The molecule has 0 aliphatic heterocycles. The molecule has 0 aromatic carbocycles. The number of Topliss-reactive ketones (excluding diaryl/α,β-unsaturated/α-hetero) is 1. The number of hydrogen-bond acceptors (Lipinski definition) is 2. The number of aliphatic hydroxyl groups is 1. The molecule has 0 saturated heterocycles. The molecular formula is C13H20O2.